The largest absolute Gasteiger partial charge is 0.495 e. The zero-order chi connectivity index (χ0) is 17.1. The van der Waals surface area contributed by atoms with Crippen molar-refractivity contribution in [3.8, 4) is 11.5 Å². The summed E-state index contributed by atoms with van der Waals surface area (Å²) in [4.78, 5) is 22.1. The smallest absolute Gasteiger partial charge is 0.350 e. The molecule has 0 aliphatic carbocycles. The molecule has 0 radical (unpaired) electrons. The van der Waals surface area contributed by atoms with E-state index in [1.54, 1.807) is 12.1 Å². The van der Waals surface area contributed by atoms with Gasteiger partial charge in [0.2, 0.25) is 5.91 Å². The normalized spacial score (nSPS) is 12.5. The van der Waals surface area contributed by atoms with Crippen molar-refractivity contribution in [2.75, 3.05) is 14.2 Å². The maximum absolute atomic E-state index is 11.4. The third-order valence-electron chi connectivity index (χ3n) is 2.74. The van der Waals surface area contributed by atoms with Crippen LogP contribution in [0.3, 0.4) is 0 Å². The highest BCUT2D eigenvalue weighted by Gasteiger charge is 2.47. The first-order valence-electron chi connectivity index (χ1n) is 5.86. The van der Waals surface area contributed by atoms with Crippen LogP contribution in [-0.2, 0) is 4.79 Å². The highest BCUT2D eigenvalue weighted by atomic mass is 79.9. The van der Waals surface area contributed by atoms with Gasteiger partial charge < -0.3 is 14.8 Å². The molecule has 22 heavy (non-hydrogen) atoms. The zero-order valence-corrected chi connectivity index (χ0v) is 16.6. The summed E-state index contributed by atoms with van der Waals surface area (Å²) in [6.07, 6.45) is 0. The minimum Gasteiger partial charge on any atom is -0.495 e. The lowest BCUT2D eigenvalue weighted by Crippen LogP contribution is -2.42. The van der Waals surface area contributed by atoms with Crippen LogP contribution in [0.2, 0.25) is 0 Å². The van der Waals surface area contributed by atoms with E-state index in [9.17, 15) is 14.9 Å². The lowest BCUT2D eigenvalue weighted by atomic mass is 10.1. The monoisotopic (exact) mass is 502 g/mol. The Labute approximate surface area is 152 Å². The molecular formula is C12H13Br3N2O5. The highest BCUT2D eigenvalue weighted by molar-refractivity contribution is 9.25. The van der Waals surface area contributed by atoms with Crippen LogP contribution in [0.4, 0.5) is 0 Å². The lowest BCUT2D eigenvalue weighted by Gasteiger charge is -2.25. The molecule has 0 aliphatic rings. The quantitative estimate of drug-likeness (QED) is 0.278. The summed E-state index contributed by atoms with van der Waals surface area (Å²) in [7, 11) is 2.92. The summed E-state index contributed by atoms with van der Waals surface area (Å²) in [5.41, 5.74) is 0.428. The number of ether oxygens (including phenoxy) is 2. The summed E-state index contributed by atoms with van der Waals surface area (Å²) in [6.45, 7) is 1.27. The number of nitrogens with zero attached hydrogens (tertiary/aromatic N) is 1. The summed E-state index contributed by atoms with van der Waals surface area (Å²) in [5, 5.41) is 13.8. The molecule has 1 unspecified atom stereocenters. The van der Waals surface area contributed by atoms with E-state index < -0.39 is 20.2 Å². The fraction of sp³-hybridized carbons (Fsp3) is 0.417. The number of hydrogen-bond acceptors (Lipinski definition) is 5. The number of benzene rings is 1. The first kappa shape index (κ1) is 19.2. The van der Waals surface area contributed by atoms with Crippen LogP contribution in [0.1, 0.15) is 18.5 Å². The molecule has 0 spiro atoms. The first-order chi connectivity index (χ1) is 10.1. The van der Waals surface area contributed by atoms with Gasteiger partial charge in [-0.1, -0.05) is 0 Å². The van der Waals surface area contributed by atoms with Crippen molar-refractivity contribution in [3.63, 3.8) is 0 Å². The van der Waals surface area contributed by atoms with Gasteiger partial charge in [0.1, 0.15) is 22.0 Å². The molecule has 122 valence electrons. The Balaban J connectivity index is 3.49. The Morgan fingerprint density at radius 2 is 1.77 bits per heavy atom. The van der Waals surface area contributed by atoms with Crippen molar-refractivity contribution in [2.24, 2.45) is 0 Å². The lowest BCUT2D eigenvalue weighted by molar-refractivity contribution is -0.509. The third-order valence-corrected chi connectivity index (χ3v) is 5.02. The van der Waals surface area contributed by atoms with Crippen molar-refractivity contribution >= 4 is 53.7 Å². The van der Waals surface area contributed by atoms with Gasteiger partial charge in [0.15, 0.2) is 0 Å². The number of methoxy groups -OCH3 is 2. The molecule has 1 rings (SSSR count). The summed E-state index contributed by atoms with van der Waals surface area (Å²) >= 11 is 9.32. The number of alkyl halides is 2. The van der Waals surface area contributed by atoms with E-state index in [2.05, 4.69) is 53.1 Å². The summed E-state index contributed by atoms with van der Waals surface area (Å²) in [5.74, 6) is 0.420. The average molecular weight is 505 g/mol. The molecule has 1 atom stereocenters. The maximum Gasteiger partial charge on any atom is 0.350 e. The van der Waals surface area contributed by atoms with E-state index in [0.29, 0.717) is 21.5 Å². The second-order valence-electron chi connectivity index (χ2n) is 4.22. The van der Waals surface area contributed by atoms with Crippen molar-refractivity contribution in [1.82, 2.24) is 5.32 Å². The zero-order valence-electron chi connectivity index (χ0n) is 11.9. The molecular weight excluding hydrogens is 492 g/mol. The molecule has 0 fully saturated rings. The van der Waals surface area contributed by atoms with E-state index >= 15 is 0 Å². The number of carbonyl (C=O) groups is 1. The van der Waals surface area contributed by atoms with Gasteiger partial charge in [0, 0.05) is 38.8 Å². The SMILES string of the molecule is COc1cc(C(NC(C)=O)C(Br)(Br)[N+](=O)[O-])cc(OC)c1Br. The maximum atomic E-state index is 11.4. The predicted molar refractivity (Wildman–Crippen MR) is 91.4 cm³/mol. The minimum absolute atomic E-state index is 0.420. The Morgan fingerprint density at radius 1 is 1.32 bits per heavy atom. The molecule has 0 aromatic heterocycles. The van der Waals surface area contributed by atoms with Crippen molar-refractivity contribution in [2.45, 2.75) is 16.3 Å². The topological polar surface area (TPSA) is 90.7 Å². The van der Waals surface area contributed by atoms with Gasteiger partial charge in [-0.25, -0.2) is 0 Å². The van der Waals surface area contributed by atoms with E-state index in [-0.39, 0.29) is 0 Å². The fourth-order valence-corrected chi connectivity index (χ4v) is 3.05. The molecule has 1 aromatic carbocycles. The van der Waals surface area contributed by atoms with Crippen LogP contribution in [-0.4, -0.2) is 28.4 Å². The Kier molecular flexibility index (Phi) is 6.63. The summed E-state index contributed by atoms with van der Waals surface area (Å²) < 4.78 is 9.22. The number of nitro groups is 1. The van der Waals surface area contributed by atoms with Gasteiger partial charge in [-0.15, -0.1) is 0 Å². The van der Waals surface area contributed by atoms with Gasteiger partial charge in [-0.2, -0.15) is 0 Å². The summed E-state index contributed by atoms with van der Waals surface area (Å²) in [6, 6.07) is 2.15. The second-order valence-corrected chi connectivity index (χ2v) is 8.49. The molecule has 0 heterocycles. The Bertz CT molecular complexity index is 569. The molecule has 10 heteroatoms. The van der Waals surface area contributed by atoms with Gasteiger partial charge >= 0.3 is 3.36 Å². The number of carbonyl (C=O) groups excluding carboxylic acids is 1. The Morgan fingerprint density at radius 3 is 2.09 bits per heavy atom. The third kappa shape index (κ3) is 4.11. The molecule has 1 aromatic rings. The molecule has 0 bridgehead atoms. The van der Waals surface area contributed by atoms with Crippen molar-refractivity contribution < 1.29 is 19.2 Å². The van der Waals surface area contributed by atoms with Gasteiger partial charge in [0.05, 0.1) is 19.1 Å². The van der Waals surface area contributed by atoms with E-state index in [1.807, 2.05) is 0 Å². The molecule has 1 N–H and O–H groups in total. The molecule has 7 nitrogen and oxygen atoms in total. The second kappa shape index (κ2) is 7.60. The molecule has 1 amide bonds. The predicted octanol–water partition coefficient (Wildman–Crippen LogP) is 3.36. The van der Waals surface area contributed by atoms with Crippen LogP contribution >= 0.6 is 47.8 Å². The van der Waals surface area contributed by atoms with E-state index in [0.717, 1.165) is 0 Å². The molecule has 0 aliphatic heterocycles. The average Bonchev–Trinajstić information content (AvgIpc) is 2.44. The molecule has 0 saturated heterocycles. The fourth-order valence-electron chi connectivity index (χ4n) is 1.74. The Hall–Kier alpha value is -0.870. The van der Waals surface area contributed by atoms with Crippen molar-refractivity contribution in [3.05, 3.63) is 32.3 Å². The van der Waals surface area contributed by atoms with Gasteiger partial charge in [0.25, 0.3) is 0 Å². The number of rotatable bonds is 6. The minimum atomic E-state index is -1.78. The first-order valence-corrected chi connectivity index (χ1v) is 8.23. The number of amides is 1. The van der Waals surface area contributed by atoms with E-state index in [1.165, 1.54) is 21.1 Å². The van der Waals surface area contributed by atoms with Crippen LogP contribution in [0, 0.1) is 10.1 Å². The van der Waals surface area contributed by atoms with Crippen LogP contribution in [0.15, 0.2) is 16.6 Å². The highest BCUT2D eigenvalue weighted by Crippen LogP contribution is 2.44. The number of hydrogen-bond donors (Lipinski definition) is 1. The van der Waals surface area contributed by atoms with Crippen LogP contribution in [0.25, 0.3) is 0 Å². The number of nitrogens with one attached hydrogen (secondary N) is 1. The number of halogens is 3. The van der Waals surface area contributed by atoms with Crippen LogP contribution in [0.5, 0.6) is 11.5 Å². The van der Waals surface area contributed by atoms with E-state index in [4.69, 9.17) is 9.47 Å². The van der Waals surface area contributed by atoms with Crippen LogP contribution < -0.4 is 14.8 Å². The van der Waals surface area contributed by atoms with Gasteiger partial charge in [-0.3, -0.25) is 14.9 Å². The van der Waals surface area contributed by atoms with Gasteiger partial charge in [-0.05, 0) is 33.6 Å². The molecule has 0 saturated carbocycles. The van der Waals surface area contributed by atoms with Crippen molar-refractivity contribution in [1.29, 1.82) is 0 Å². The standard InChI is InChI=1S/C12H13Br3N2O5/c1-6(18)16-11(12(14,15)17(19)20)7-4-8(21-2)10(13)9(5-7)22-3/h4-5,11H,1-3H3,(H,16,18).